The zero-order valence-corrected chi connectivity index (χ0v) is 11.0. The van der Waals surface area contributed by atoms with Gasteiger partial charge >= 0.3 is 0 Å². The Balaban J connectivity index is 2.76. The first-order valence-electron chi connectivity index (χ1n) is 5.61. The van der Waals surface area contributed by atoms with Gasteiger partial charge in [0.25, 0.3) is 10.2 Å². The molecule has 0 aromatic rings. The van der Waals surface area contributed by atoms with E-state index in [1.54, 1.807) is 0 Å². The molecule has 1 aliphatic rings. The lowest BCUT2D eigenvalue weighted by atomic mass is 10.2. The van der Waals surface area contributed by atoms with E-state index >= 15 is 0 Å². The fourth-order valence-electron chi connectivity index (χ4n) is 1.57. The molecule has 1 saturated heterocycles. The Bertz CT molecular complexity index is 368. The third kappa shape index (κ3) is 3.91. The van der Waals surface area contributed by atoms with E-state index in [4.69, 9.17) is 5.73 Å². The highest BCUT2D eigenvalue weighted by molar-refractivity contribution is 7.87. The second-order valence-electron chi connectivity index (χ2n) is 4.48. The standard InChI is InChI=1S/C9H20N4O3S/c1-7(2)5-12-17(15,16)13-4-3-11-6-8(13)9(10)14/h7-8,11-12H,3-6H2,1-2H3,(H2,10,14). The quantitative estimate of drug-likeness (QED) is 0.547. The molecule has 4 N–H and O–H groups in total. The van der Waals surface area contributed by atoms with Crippen molar-refractivity contribution in [2.45, 2.75) is 19.9 Å². The summed E-state index contributed by atoms with van der Waals surface area (Å²) in [7, 11) is -3.63. The van der Waals surface area contributed by atoms with Crippen molar-refractivity contribution in [3.63, 3.8) is 0 Å². The minimum absolute atomic E-state index is 0.208. The average molecular weight is 264 g/mol. The van der Waals surface area contributed by atoms with Crippen LogP contribution in [0.5, 0.6) is 0 Å². The lowest BCUT2D eigenvalue weighted by Crippen LogP contribution is -2.61. The van der Waals surface area contributed by atoms with Crippen molar-refractivity contribution in [3.8, 4) is 0 Å². The molecule has 1 aliphatic heterocycles. The number of nitrogens with two attached hydrogens (primary N) is 1. The first-order valence-corrected chi connectivity index (χ1v) is 7.05. The van der Waals surface area contributed by atoms with Crippen LogP contribution in [0, 0.1) is 5.92 Å². The van der Waals surface area contributed by atoms with Gasteiger partial charge in [0.05, 0.1) is 0 Å². The molecule has 1 heterocycles. The number of primary amides is 1. The maximum Gasteiger partial charge on any atom is 0.280 e. The number of rotatable bonds is 5. The van der Waals surface area contributed by atoms with Crippen LogP contribution in [0.25, 0.3) is 0 Å². The summed E-state index contributed by atoms with van der Waals surface area (Å²) >= 11 is 0. The highest BCUT2D eigenvalue weighted by Crippen LogP contribution is 2.08. The van der Waals surface area contributed by atoms with Crippen molar-refractivity contribution in [1.82, 2.24) is 14.3 Å². The highest BCUT2D eigenvalue weighted by Gasteiger charge is 2.35. The van der Waals surface area contributed by atoms with Gasteiger partial charge in [0.2, 0.25) is 5.91 Å². The van der Waals surface area contributed by atoms with Crippen LogP contribution in [-0.2, 0) is 15.0 Å². The molecule has 1 atom stereocenters. The lowest BCUT2D eigenvalue weighted by Gasteiger charge is -2.33. The summed E-state index contributed by atoms with van der Waals surface area (Å²) in [5.74, 6) is -0.424. The van der Waals surface area contributed by atoms with Gasteiger partial charge in [-0.3, -0.25) is 4.79 Å². The zero-order valence-electron chi connectivity index (χ0n) is 10.1. The average Bonchev–Trinajstić information content (AvgIpc) is 2.26. The monoisotopic (exact) mass is 264 g/mol. The molecule has 17 heavy (non-hydrogen) atoms. The third-order valence-electron chi connectivity index (χ3n) is 2.51. The largest absolute Gasteiger partial charge is 0.368 e. The van der Waals surface area contributed by atoms with Gasteiger partial charge in [-0.25, -0.2) is 4.72 Å². The summed E-state index contributed by atoms with van der Waals surface area (Å²) in [5.41, 5.74) is 5.20. The molecule has 0 aromatic carbocycles. The molecule has 1 fully saturated rings. The van der Waals surface area contributed by atoms with Gasteiger partial charge in [-0.15, -0.1) is 0 Å². The van der Waals surface area contributed by atoms with Crippen LogP contribution in [0.1, 0.15) is 13.8 Å². The topological polar surface area (TPSA) is 105 Å². The number of amides is 1. The number of hydrogen-bond donors (Lipinski definition) is 3. The Morgan fingerprint density at radius 2 is 2.24 bits per heavy atom. The number of nitrogens with one attached hydrogen (secondary N) is 2. The van der Waals surface area contributed by atoms with Gasteiger partial charge in [0, 0.05) is 26.2 Å². The van der Waals surface area contributed by atoms with Crippen LogP contribution >= 0.6 is 0 Å². The van der Waals surface area contributed by atoms with Crippen molar-refractivity contribution in [1.29, 1.82) is 0 Å². The Hall–Kier alpha value is -0.700. The normalized spacial score (nSPS) is 22.9. The predicted molar refractivity (Wildman–Crippen MR) is 64.3 cm³/mol. The Morgan fingerprint density at radius 3 is 2.76 bits per heavy atom. The molecular formula is C9H20N4O3S. The highest BCUT2D eigenvalue weighted by atomic mass is 32.2. The third-order valence-corrected chi connectivity index (χ3v) is 4.09. The van der Waals surface area contributed by atoms with Crippen LogP contribution in [0.15, 0.2) is 0 Å². The van der Waals surface area contributed by atoms with E-state index in [1.165, 1.54) is 0 Å². The zero-order chi connectivity index (χ0) is 13.1. The van der Waals surface area contributed by atoms with Crippen molar-refractivity contribution >= 4 is 16.1 Å². The lowest BCUT2D eigenvalue weighted by molar-refractivity contribution is -0.122. The minimum Gasteiger partial charge on any atom is -0.368 e. The molecule has 0 radical (unpaired) electrons. The molecule has 7 nitrogen and oxygen atoms in total. The van der Waals surface area contributed by atoms with Gasteiger partial charge in [0.1, 0.15) is 6.04 Å². The summed E-state index contributed by atoms with van der Waals surface area (Å²) in [6.07, 6.45) is 0. The Kier molecular flexibility index (Phi) is 4.87. The molecule has 0 bridgehead atoms. The number of nitrogens with zero attached hydrogens (tertiary/aromatic N) is 1. The molecule has 100 valence electrons. The van der Waals surface area contributed by atoms with Gasteiger partial charge < -0.3 is 11.1 Å². The molecule has 0 saturated carbocycles. The van der Waals surface area contributed by atoms with Crippen molar-refractivity contribution in [2.75, 3.05) is 26.2 Å². The first kappa shape index (κ1) is 14.4. The number of piperazine rings is 1. The van der Waals surface area contributed by atoms with Crippen molar-refractivity contribution < 1.29 is 13.2 Å². The Labute approximate surface area is 102 Å². The molecule has 1 rings (SSSR count). The summed E-state index contributed by atoms with van der Waals surface area (Å²) in [6, 6.07) is -0.812. The number of hydrogen-bond acceptors (Lipinski definition) is 4. The summed E-state index contributed by atoms with van der Waals surface area (Å²) < 4.78 is 27.6. The fraction of sp³-hybridized carbons (Fsp3) is 0.889. The van der Waals surface area contributed by atoms with Crippen LogP contribution in [-0.4, -0.2) is 50.9 Å². The number of carbonyl (C=O) groups excluding carboxylic acids is 1. The molecule has 8 heteroatoms. The maximum atomic E-state index is 12.0. The first-order chi connectivity index (χ1) is 7.84. The fourth-order valence-corrected chi connectivity index (χ4v) is 3.13. The van der Waals surface area contributed by atoms with Gasteiger partial charge in [0.15, 0.2) is 0 Å². The summed E-state index contributed by atoms with van der Waals surface area (Å²) in [4.78, 5) is 11.2. The molecule has 0 aromatic heterocycles. The summed E-state index contributed by atoms with van der Waals surface area (Å²) in [5, 5.41) is 2.95. The van der Waals surface area contributed by atoms with Crippen molar-refractivity contribution in [2.24, 2.45) is 11.7 Å². The van der Waals surface area contributed by atoms with E-state index in [9.17, 15) is 13.2 Å². The van der Waals surface area contributed by atoms with E-state index in [0.717, 1.165) is 4.31 Å². The van der Waals surface area contributed by atoms with Crippen LogP contribution < -0.4 is 15.8 Å². The molecular weight excluding hydrogens is 244 g/mol. The van der Waals surface area contributed by atoms with E-state index in [1.807, 2.05) is 13.8 Å². The molecule has 1 unspecified atom stereocenters. The van der Waals surface area contributed by atoms with Crippen LogP contribution in [0.2, 0.25) is 0 Å². The Morgan fingerprint density at radius 1 is 1.59 bits per heavy atom. The second-order valence-corrected chi connectivity index (χ2v) is 6.19. The molecule has 0 aliphatic carbocycles. The SMILES string of the molecule is CC(C)CNS(=O)(=O)N1CCNCC1C(N)=O. The van der Waals surface area contributed by atoms with E-state index in [0.29, 0.717) is 13.1 Å². The van der Waals surface area contributed by atoms with Crippen LogP contribution in [0.4, 0.5) is 0 Å². The summed E-state index contributed by atoms with van der Waals surface area (Å²) in [6.45, 7) is 5.20. The van der Waals surface area contributed by atoms with Gasteiger partial charge in [-0.2, -0.15) is 12.7 Å². The predicted octanol–water partition coefficient (Wildman–Crippen LogP) is -1.76. The smallest absolute Gasteiger partial charge is 0.280 e. The minimum atomic E-state index is -3.63. The second kappa shape index (κ2) is 5.76. The van der Waals surface area contributed by atoms with E-state index in [2.05, 4.69) is 10.0 Å². The molecule has 1 amide bonds. The molecule has 0 spiro atoms. The van der Waals surface area contributed by atoms with Crippen LogP contribution in [0.3, 0.4) is 0 Å². The maximum absolute atomic E-state index is 12.0. The number of carbonyl (C=O) groups is 1. The van der Waals surface area contributed by atoms with Gasteiger partial charge in [-0.1, -0.05) is 13.8 Å². The van der Waals surface area contributed by atoms with E-state index in [-0.39, 0.29) is 19.0 Å². The van der Waals surface area contributed by atoms with Gasteiger partial charge in [-0.05, 0) is 5.92 Å². The van der Waals surface area contributed by atoms with E-state index < -0.39 is 22.2 Å². The van der Waals surface area contributed by atoms with Crippen molar-refractivity contribution in [3.05, 3.63) is 0 Å².